The van der Waals surface area contributed by atoms with E-state index in [1.165, 1.54) is 0 Å². The molecule has 0 aliphatic carbocycles. The predicted molar refractivity (Wildman–Crippen MR) is 46.8 cm³/mol. The van der Waals surface area contributed by atoms with Gasteiger partial charge in [-0.05, 0) is 20.8 Å². The summed E-state index contributed by atoms with van der Waals surface area (Å²) >= 11 is 0. The number of aromatic nitrogens is 2. The minimum Gasteiger partial charge on any atom is -0.373 e. The maximum Gasteiger partial charge on any atom is 0.124 e. The van der Waals surface area contributed by atoms with Gasteiger partial charge in [-0.3, -0.25) is 0 Å². The standard InChI is InChI=1S/C8H15N3/c1-8(2,3)11-7(9-4)5-6-10-11/h5-6,9H,1-4H3. The van der Waals surface area contributed by atoms with Crippen LogP contribution in [0.25, 0.3) is 0 Å². The van der Waals surface area contributed by atoms with E-state index in [0.29, 0.717) is 0 Å². The summed E-state index contributed by atoms with van der Waals surface area (Å²) < 4.78 is 1.97. The van der Waals surface area contributed by atoms with E-state index in [0.717, 1.165) is 5.82 Å². The molecule has 0 aliphatic heterocycles. The highest BCUT2D eigenvalue weighted by atomic mass is 15.4. The Bertz CT molecular complexity index is 232. The normalized spacial score (nSPS) is 11.6. The first-order chi connectivity index (χ1) is 5.05. The van der Waals surface area contributed by atoms with Crippen molar-refractivity contribution >= 4 is 5.82 Å². The number of hydrogen-bond donors (Lipinski definition) is 1. The van der Waals surface area contributed by atoms with Crippen LogP contribution in [0.1, 0.15) is 20.8 Å². The first-order valence-electron chi connectivity index (χ1n) is 3.78. The Morgan fingerprint density at radius 3 is 2.45 bits per heavy atom. The lowest BCUT2D eigenvalue weighted by atomic mass is 10.1. The van der Waals surface area contributed by atoms with Crippen molar-refractivity contribution in [2.24, 2.45) is 0 Å². The first-order valence-corrected chi connectivity index (χ1v) is 3.78. The Hall–Kier alpha value is -0.990. The molecule has 11 heavy (non-hydrogen) atoms. The van der Waals surface area contributed by atoms with Crippen molar-refractivity contribution < 1.29 is 0 Å². The Morgan fingerprint density at radius 2 is 2.09 bits per heavy atom. The van der Waals surface area contributed by atoms with E-state index in [9.17, 15) is 0 Å². The number of rotatable bonds is 1. The van der Waals surface area contributed by atoms with Crippen molar-refractivity contribution in [1.82, 2.24) is 9.78 Å². The van der Waals surface area contributed by atoms with Crippen LogP contribution < -0.4 is 5.32 Å². The molecule has 1 aromatic rings. The first kappa shape index (κ1) is 8.11. The average molecular weight is 153 g/mol. The highest BCUT2D eigenvalue weighted by molar-refractivity contribution is 5.33. The Labute approximate surface area is 67.4 Å². The summed E-state index contributed by atoms with van der Waals surface area (Å²) in [6.45, 7) is 6.38. The van der Waals surface area contributed by atoms with Gasteiger partial charge in [0.25, 0.3) is 0 Å². The van der Waals surface area contributed by atoms with E-state index in [4.69, 9.17) is 0 Å². The molecule has 1 N–H and O–H groups in total. The summed E-state index contributed by atoms with van der Waals surface area (Å²) in [5.41, 5.74) is 0.0574. The molecule has 62 valence electrons. The third-order valence-corrected chi connectivity index (χ3v) is 1.53. The zero-order chi connectivity index (χ0) is 8.48. The fourth-order valence-corrected chi connectivity index (χ4v) is 1.03. The lowest BCUT2D eigenvalue weighted by molar-refractivity contribution is 0.361. The van der Waals surface area contributed by atoms with Crippen LogP contribution in [0, 0.1) is 0 Å². The van der Waals surface area contributed by atoms with Crippen molar-refractivity contribution in [1.29, 1.82) is 0 Å². The van der Waals surface area contributed by atoms with Gasteiger partial charge in [-0.15, -0.1) is 0 Å². The molecule has 0 fully saturated rings. The smallest absolute Gasteiger partial charge is 0.124 e. The van der Waals surface area contributed by atoms with E-state index in [-0.39, 0.29) is 5.54 Å². The second-order valence-corrected chi connectivity index (χ2v) is 3.55. The fourth-order valence-electron chi connectivity index (χ4n) is 1.03. The minimum absolute atomic E-state index is 0.0574. The SMILES string of the molecule is CNc1ccnn1C(C)(C)C. The molecule has 0 aliphatic rings. The van der Waals surface area contributed by atoms with Crippen LogP contribution in [0.5, 0.6) is 0 Å². The van der Waals surface area contributed by atoms with Crippen LogP contribution in [0.3, 0.4) is 0 Å². The van der Waals surface area contributed by atoms with Gasteiger partial charge < -0.3 is 5.32 Å². The zero-order valence-electron chi connectivity index (χ0n) is 7.55. The maximum absolute atomic E-state index is 4.21. The molecule has 0 bridgehead atoms. The van der Waals surface area contributed by atoms with E-state index in [1.54, 1.807) is 6.20 Å². The molecular weight excluding hydrogens is 138 g/mol. The van der Waals surface area contributed by atoms with Gasteiger partial charge in [-0.2, -0.15) is 5.10 Å². The third kappa shape index (κ3) is 1.53. The minimum atomic E-state index is 0.0574. The fraction of sp³-hybridized carbons (Fsp3) is 0.625. The van der Waals surface area contributed by atoms with E-state index >= 15 is 0 Å². The third-order valence-electron chi connectivity index (χ3n) is 1.53. The molecule has 1 aromatic heterocycles. The zero-order valence-corrected chi connectivity index (χ0v) is 7.55. The summed E-state index contributed by atoms with van der Waals surface area (Å²) in [5, 5.41) is 7.30. The molecule has 0 unspecified atom stereocenters. The summed E-state index contributed by atoms with van der Waals surface area (Å²) in [4.78, 5) is 0. The Balaban J connectivity index is 3.02. The molecule has 3 heteroatoms. The molecular formula is C8H15N3. The average Bonchev–Trinajstić information content (AvgIpc) is 2.31. The number of nitrogens with one attached hydrogen (secondary N) is 1. The van der Waals surface area contributed by atoms with E-state index in [2.05, 4.69) is 31.2 Å². The monoisotopic (exact) mass is 153 g/mol. The molecule has 3 nitrogen and oxygen atoms in total. The van der Waals surface area contributed by atoms with Gasteiger partial charge in [0.15, 0.2) is 0 Å². The number of nitrogens with zero attached hydrogens (tertiary/aromatic N) is 2. The summed E-state index contributed by atoms with van der Waals surface area (Å²) in [6.07, 6.45) is 1.80. The highest BCUT2D eigenvalue weighted by Crippen LogP contribution is 2.18. The van der Waals surface area contributed by atoms with Crippen molar-refractivity contribution in [3.05, 3.63) is 12.3 Å². The second-order valence-electron chi connectivity index (χ2n) is 3.55. The van der Waals surface area contributed by atoms with Crippen molar-refractivity contribution in [2.45, 2.75) is 26.3 Å². The highest BCUT2D eigenvalue weighted by Gasteiger charge is 2.15. The van der Waals surface area contributed by atoms with Crippen LogP contribution in [-0.4, -0.2) is 16.8 Å². The topological polar surface area (TPSA) is 29.9 Å². The van der Waals surface area contributed by atoms with Gasteiger partial charge >= 0.3 is 0 Å². The van der Waals surface area contributed by atoms with Crippen molar-refractivity contribution in [3.8, 4) is 0 Å². The largest absolute Gasteiger partial charge is 0.373 e. The summed E-state index contributed by atoms with van der Waals surface area (Å²) in [5.74, 6) is 1.05. The van der Waals surface area contributed by atoms with Crippen LogP contribution in [0.2, 0.25) is 0 Å². The lowest BCUT2D eigenvalue weighted by Gasteiger charge is -2.21. The quantitative estimate of drug-likeness (QED) is 0.665. The second kappa shape index (κ2) is 2.57. The van der Waals surface area contributed by atoms with E-state index in [1.807, 2.05) is 17.8 Å². The molecule has 0 saturated heterocycles. The van der Waals surface area contributed by atoms with E-state index < -0.39 is 0 Å². The van der Waals surface area contributed by atoms with Gasteiger partial charge in [0.1, 0.15) is 5.82 Å². The van der Waals surface area contributed by atoms with Crippen LogP contribution in [-0.2, 0) is 5.54 Å². The molecule has 0 amide bonds. The Morgan fingerprint density at radius 1 is 1.45 bits per heavy atom. The predicted octanol–water partition coefficient (Wildman–Crippen LogP) is 1.68. The molecule has 1 rings (SSSR count). The lowest BCUT2D eigenvalue weighted by Crippen LogP contribution is -2.24. The van der Waals surface area contributed by atoms with Gasteiger partial charge in [-0.1, -0.05) is 0 Å². The molecule has 0 saturated carbocycles. The molecule has 1 heterocycles. The Kier molecular flexibility index (Phi) is 1.89. The van der Waals surface area contributed by atoms with Crippen LogP contribution >= 0.6 is 0 Å². The molecule has 0 spiro atoms. The van der Waals surface area contributed by atoms with Gasteiger partial charge in [0, 0.05) is 13.1 Å². The molecule has 0 aromatic carbocycles. The number of anilines is 1. The van der Waals surface area contributed by atoms with Crippen LogP contribution in [0.4, 0.5) is 5.82 Å². The van der Waals surface area contributed by atoms with Gasteiger partial charge in [0.05, 0.1) is 11.7 Å². The van der Waals surface area contributed by atoms with Gasteiger partial charge in [0.2, 0.25) is 0 Å². The van der Waals surface area contributed by atoms with Crippen molar-refractivity contribution in [3.63, 3.8) is 0 Å². The maximum atomic E-state index is 4.21. The van der Waals surface area contributed by atoms with Crippen LogP contribution in [0.15, 0.2) is 12.3 Å². The number of hydrogen-bond acceptors (Lipinski definition) is 2. The van der Waals surface area contributed by atoms with Gasteiger partial charge in [-0.25, -0.2) is 4.68 Å². The van der Waals surface area contributed by atoms with Crippen molar-refractivity contribution in [2.75, 3.05) is 12.4 Å². The summed E-state index contributed by atoms with van der Waals surface area (Å²) in [6, 6.07) is 1.96. The summed E-state index contributed by atoms with van der Waals surface area (Å²) in [7, 11) is 1.90. The molecule has 0 radical (unpaired) electrons. The molecule has 0 atom stereocenters.